The quantitative estimate of drug-likeness (QED) is 0.661. The van der Waals surface area contributed by atoms with E-state index in [1.54, 1.807) is 31.2 Å². The average Bonchev–Trinajstić information content (AvgIpc) is 3.01. The zero-order valence-electron chi connectivity index (χ0n) is 13.9. The number of imidazole rings is 1. The minimum atomic E-state index is -4.38. The number of carbonyl (C=O) groups excluding carboxylic acids is 1. The maximum Gasteiger partial charge on any atom is 0.416 e. The molecule has 3 aromatic rings. The van der Waals surface area contributed by atoms with E-state index in [4.69, 9.17) is 4.74 Å². The molecule has 8 heteroatoms. The van der Waals surface area contributed by atoms with Crippen molar-refractivity contribution in [2.75, 3.05) is 11.9 Å². The van der Waals surface area contributed by atoms with E-state index in [9.17, 15) is 18.0 Å². The smallest absolute Gasteiger partial charge is 0.416 e. The van der Waals surface area contributed by atoms with E-state index in [0.717, 1.165) is 12.1 Å². The van der Waals surface area contributed by atoms with Crippen molar-refractivity contribution in [3.05, 3.63) is 59.2 Å². The minimum absolute atomic E-state index is 0.175. The van der Waals surface area contributed by atoms with E-state index < -0.39 is 17.7 Å². The van der Waals surface area contributed by atoms with Gasteiger partial charge in [0, 0.05) is 6.54 Å². The van der Waals surface area contributed by atoms with Crippen LogP contribution in [0.2, 0.25) is 0 Å². The van der Waals surface area contributed by atoms with Crippen LogP contribution < -0.4 is 5.32 Å². The molecule has 2 aromatic carbocycles. The van der Waals surface area contributed by atoms with Gasteiger partial charge in [0.1, 0.15) is 0 Å². The van der Waals surface area contributed by atoms with Gasteiger partial charge < -0.3 is 15.0 Å². The number of fused-ring (bicyclic) bond motifs is 1. The summed E-state index contributed by atoms with van der Waals surface area (Å²) in [6, 6.07) is 9.99. The van der Waals surface area contributed by atoms with Gasteiger partial charge >= 0.3 is 12.1 Å². The summed E-state index contributed by atoms with van der Waals surface area (Å²) in [4.78, 5) is 19.1. The summed E-state index contributed by atoms with van der Waals surface area (Å²) in [7, 11) is 0. The standard InChI is InChI=1S/C18H16F3N3O2/c1-2-26-16(25)12-6-7-14-15(9-12)24-17(23-14)22-10-11-4-3-5-13(8-11)18(19,20)21/h3-9H,2,10H2,1H3,(H2,22,23,24). The highest BCUT2D eigenvalue weighted by Crippen LogP contribution is 2.29. The lowest BCUT2D eigenvalue weighted by Gasteiger charge is -2.09. The molecule has 0 bridgehead atoms. The number of benzene rings is 2. The Hall–Kier alpha value is -3.03. The number of hydrogen-bond acceptors (Lipinski definition) is 4. The number of hydrogen-bond donors (Lipinski definition) is 2. The third-order valence-electron chi connectivity index (χ3n) is 3.71. The maximum absolute atomic E-state index is 12.8. The fourth-order valence-electron chi connectivity index (χ4n) is 2.48. The molecule has 0 atom stereocenters. The van der Waals surface area contributed by atoms with Gasteiger partial charge in [-0.15, -0.1) is 0 Å². The lowest BCUT2D eigenvalue weighted by molar-refractivity contribution is -0.137. The van der Waals surface area contributed by atoms with Crippen LogP contribution in [0.1, 0.15) is 28.4 Å². The molecule has 0 saturated heterocycles. The van der Waals surface area contributed by atoms with Gasteiger partial charge in [-0.2, -0.15) is 13.2 Å². The molecule has 1 heterocycles. The topological polar surface area (TPSA) is 67.0 Å². The molecule has 1 aromatic heterocycles. The van der Waals surface area contributed by atoms with Crippen molar-refractivity contribution in [1.29, 1.82) is 0 Å². The predicted octanol–water partition coefficient (Wildman–Crippen LogP) is 4.37. The maximum atomic E-state index is 12.8. The molecule has 26 heavy (non-hydrogen) atoms. The number of rotatable bonds is 5. The molecular formula is C18H16F3N3O2. The van der Waals surface area contributed by atoms with Crippen molar-refractivity contribution >= 4 is 23.0 Å². The molecular weight excluding hydrogens is 347 g/mol. The second-order valence-corrected chi connectivity index (χ2v) is 5.59. The summed E-state index contributed by atoms with van der Waals surface area (Å²) in [5.41, 5.74) is 1.44. The third-order valence-corrected chi connectivity index (χ3v) is 3.71. The van der Waals surface area contributed by atoms with E-state index in [-0.39, 0.29) is 13.2 Å². The monoisotopic (exact) mass is 363 g/mol. The number of esters is 1. The first kappa shape index (κ1) is 17.8. The number of carbonyl (C=O) groups is 1. The zero-order chi connectivity index (χ0) is 18.7. The first-order valence-electron chi connectivity index (χ1n) is 7.93. The highest BCUT2D eigenvalue weighted by Gasteiger charge is 2.30. The van der Waals surface area contributed by atoms with Crippen molar-refractivity contribution < 1.29 is 22.7 Å². The summed E-state index contributed by atoms with van der Waals surface area (Å²) in [5.74, 6) is -0.0269. The van der Waals surface area contributed by atoms with Crippen LogP contribution in [0.4, 0.5) is 19.1 Å². The molecule has 0 fully saturated rings. The van der Waals surface area contributed by atoms with Gasteiger partial charge in [-0.05, 0) is 42.8 Å². The Bertz CT molecular complexity index is 935. The van der Waals surface area contributed by atoms with Crippen LogP contribution in [0.3, 0.4) is 0 Å². The molecule has 2 N–H and O–H groups in total. The number of nitrogens with one attached hydrogen (secondary N) is 2. The molecule has 3 rings (SSSR count). The third kappa shape index (κ3) is 3.96. The number of alkyl halides is 3. The Labute approximate surface area is 147 Å². The van der Waals surface area contributed by atoms with E-state index in [1.807, 2.05) is 0 Å². The van der Waals surface area contributed by atoms with Crippen molar-refractivity contribution in [2.24, 2.45) is 0 Å². The fourth-order valence-corrected chi connectivity index (χ4v) is 2.48. The lowest BCUT2D eigenvalue weighted by Crippen LogP contribution is -2.07. The van der Waals surface area contributed by atoms with Crippen molar-refractivity contribution in [3.63, 3.8) is 0 Å². The van der Waals surface area contributed by atoms with Gasteiger partial charge in [-0.3, -0.25) is 0 Å². The minimum Gasteiger partial charge on any atom is -0.462 e. The summed E-state index contributed by atoms with van der Waals surface area (Å²) in [6.45, 7) is 2.18. The Morgan fingerprint density at radius 2 is 2.04 bits per heavy atom. The summed E-state index contributed by atoms with van der Waals surface area (Å²) >= 11 is 0. The number of aromatic amines is 1. The fraction of sp³-hybridized carbons (Fsp3) is 0.222. The summed E-state index contributed by atoms with van der Waals surface area (Å²) in [5, 5.41) is 2.95. The average molecular weight is 363 g/mol. The van der Waals surface area contributed by atoms with Crippen LogP contribution in [-0.2, 0) is 17.5 Å². The number of H-pyrrole nitrogens is 1. The van der Waals surface area contributed by atoms with Crippen molar-refractivity contribution in [1.82, 2.24) is 9.97 Å². The van der Waals surface area contributed by atoms with Gasteiger partial charge in [-0.1, -0.05) is 12.1 Å². The molecule has 0 spiro atoms. The second-order valence-electron chi connectivity index (χ2n) is 5.59. The normalized spacial score (nSPS) is 11.5. The molecule has 136 valence electrons. The Balaban J connectivity index is 1.74. The molecule has 0 radical (unpaired) electrons. The summed E-state index contributed by atoms with van der Waals surface area (Å²) < 4.78 is 43.2. The SMILES string of the molecule is CCOC(=O)c1ccc2nc(NCc3cccc(C(F)(F)F)c3)[nH]c2c1. The molecule has 0 saturated carbocycles. The van der Waals surface area contributed by atoms with Crippen LogP contribution in [0.5, 0.6) is 0 Å². The van der Waals surface area contributed by atoms with Gasteiger partial charge in [0.25, 0.3) is 0 Å². The number of nitrogens with zero attached hydrogens (tertiary/aromatic N) is 1. The van der Waals surface area contributed by atoms with Gasteiger partial charge in [-0.25, -0.2) is 9.78 Å². The van der Waals surface area contributed by atoms with Gasteiger partial charge in [0.15, 0.2) is 0 Å². The number of aromatic nitrogens is 2. The largest absolute Gasteiger partial charge is 0.462 e. The molecule has 0 aliphatic heterocycles. The lowest BCUT2D eigenvalue weighted by atomic mass is 10.1. The van der Waals surface area contributed by atoms with Gasteiger partial charge in [0.05, 0.1) is 28.8 Å². The van der Waals surface area contributed by atoms with E-state index >= 15 is 0 Å². The molecule has 0 amide bonds. The predicted molar refractivity (Wildman–Crippen MR) is 90.8 cm³/mol. The molecule has 0 unspecified atom stereocenters. The zero-order valence-corrected chi connectivity index (χ0v) is 13.9. The van der Waals surface area contributed by atoms with Crippen LogP contribution >= 0.6 is 0 Å². The molecule has 5 nitrogen and oxygen atoms in total. The van der Waals surface area contributed by atoms with Gasteiger partial charge in [0.2, 0.25) is 5.95 Å². The highest BCUT2D eigenvalue weighted by molar-refractivity contribution is 5.94. The molecule has 0 aliphatic rings. The number of halogens is 3. The Morgan fingerprint density at radius 3 is 2.77 bits per heavy atom. The van der Waals surface area contributed by atoms with Crippen LogP contribution in [0.25, 0.3) is 11.0 Å². The van der Waals surface area contributed by atoms with Crippen LogP contribution in [0, 0.1) is 0 Å². The van der Waals surface area contributed by atoms with Crippen molar-refractivity contribution in [3.8, 4) is 0 Å². The summed E-state index contributed by atoms with van der Waals surface area (Å²) in [6.07, 6.45) is -4.38. The van der Waals surface area contributed by atoms with Crippen LogP contribution in [-0.4, -0.2) is 22.5 Å². The second kappa shape index (κ2) is 7.07. The van der Waals surface area contributed by atoms with Crippen molar-refractivity contribution in [2.45, 2.75) is 19.6 Å². The van der Waals surface area contributed by atoms with E-state index in [1.165, 1.54) is 6.07 Å². The number of ether oxygens (including phenoxy) is 1. The van der Waals surface area contributed by atoms with Crippen LogP contribution in [0.15, 0.2) is 42.5 Å². The highest BCUT2D eigenvalue weighted by atomic mass is 19.4. The first-order valence-corrected chi connectivity index (χ1v) is 7.93. The number of anilines is 1. The first-order chi connectivity index (χ1) is 12.4. The Morgan fingerprint density at radius 1 is 1.23 bits per heavy atom. The van der Waals surface area contributed by atoms with E-state index in [2.05, 4.69) is 15.3 Å². The van der Waals surface area contributed by atoms with E-state index in [0.29, 0.717) is 28.1 Å². The Kier molecular flexibility index (Phi) is 4.83. The molecule has 0 aliphatic carbocycles.